The SMILES string of the molecule is COc1ccc(N2C(=O)C(=O)/C(=C(\O)c3ccc(OC)c(C(C)C)c3)C2c2ccc(OC(C)=O)cc2)cc1. The number of aliphatic hydroxyl groups is 1. The zero-order valence-electron chi connectivity index (χ0n) is 21.8. The highest BCUT2D eigenvalue weighted by molar-refractivity contribution is 6.51. The normalized spacial score (nSPS) is 16.6. The van der Waals surface area contributed by atoms with Crippen molar-refractivity contribution in [1.29, 1.82) is 0 Å². The van der Waals surface area contributed by atoms with E-state index >= 15 is 0 Å². The van der Waals surface area contributed by atoms with Crippen LogP contribution in [-0.2, 0) is 14.4 Å². The van der Waals surface area contributed by atoms with E-state index in [2.05, 4.69) is 0 Å². The number of benzene rings is 3. The molecule has 1 amide bonds. The number of anilines is 1. The maximum absolute atomic E-state index is 13.4. The molecule has 1 aliphatic heterocycles. The van der Waals surface area contributed by atoms with Crippen molar-refractivity contribution in [2.75, 3.05) is 19.1 Å². The minimum Gasteiger partial charge on any atom is -0.507 e. The molecule has 8 nitrogen and oxygen atoms in total. The Morgan fingerprint density at radius 2 is 1.53 bits per heavy atom. The predicted molar refractivity (Wildman–Crippen MR) is 143 cm³/mol. The molecular weight excluding hydrogens is 486 g/mol. The van der Waals surface area contributed by atoms with E-state index in [1.807, 2.05) is 13.8 Å². The molecule has 1 heterocycles. The molecule has 1 aliphatic rings. The van der Waals surface area contributed by atoms with Crippen molar-refractivity contribution in [3.63, 3.8) is 0 Å². The number of ketones is 1. The Bertz CT molecular complexity index is 1410. The van der Waals surface area contributed by atoms with Gasteiger partial charge in [0.05, 0.1) is 25.8 Å². The molecule has 1 saturated heterocycles. The number of rotatable bonds is 7. The van der Waals surface area contributed by atoms with Crippen LogP contribution in [-0.4, -0.2) is 37.0 Å². The van der Waals surface area contributed by atoms with Crippen LogP contribution in [0.3, 0.4) is 0 Å². The first-order chi connectivity index (χ1) is 18.2. The number of esters is 1. The minimum atomic E-state index is -0.931. The van der Waals surface area contributed by atoms with Crippen LogP contribution in [0.1, 0.15) is 49.4 Å². The first-order valence-electron chi connectivity index (χ1n) is 12.1. The number of amides is 1. The quantitative estimate of drug-likeness (QED) is 0.148. The van der Waals surface area contributed by atoms with Gasteiger partial charge in [0.15, 0.2) is 0 Å². The topological polar surface area (TPSA) is 102 Å². The lowest BCUT2D eigenvalue weighted by Crippen LogP contribution is -2.29. The van der Waals surface area contributed by atoms with Crippen molar-refractivity contribution < 1.29 is 33.7 Å². The average Bonchev–Trinajstić information content (AvgIpc) is 3.18. The standard InChI is InChI=1S/C30H29NO7/c1-17(2)24-16-20(8-15-25(24)37-5)28(33)26-27(19-6-11-23(12-7-19)38-18(3)32)31(30(35)29(26)34)21-9-13-22(36-4)14-10-21/h6-17,27,33H,1-5H3/b28-26-. The molecule has 0 bridgehead atoms. The van der Waals surface area contributed by atoms with Gasteiger partial charge in [0, 0.05) is 18.2 Å². The molecule has 0 spiro atoms. The van der Waals surface area contributed by atoms with E-state index in [1.54, 1.807) is 73.8 Å². The van der Waals surface area contributed by atoms with Gasteiger partial charge in [0.2, 0.25) is 0 Å². The molecule has 1 fully saturated rings. The third-order valence-electron chi connectivity index (χ3n) is 6.38. The Balaban J connectivity index is 1.90. The molecule has 3 aromatic carbocycles. The number of Topliss-reactive ketones (excluding diaryl/α,β-unsaturated/α-hetero) is 1. The molecule has 0 radical (unpaired) electrons. The summed E-state index contributed by atoms with van der Waals surface area (Å²) in [5.41, 5.74) is 2.20. The fraction of sp³-hybridized carbons (Fsp3) is 0.233. The number of methoxy groups -OCH3 is 2. The Morgan fingerprint density at radius 1 is 0.895 bits per heavy atom. The monoisotopic (exact) mass is 515 g/mol. The fourth-order valence-electron chi connectivity index (χ4n) is 4.53. The smallest absolute Gasteiger partial charge is 0.308 e. The van der Waals surface area contributed by atoms with Gasteiger partial charge in [-0.15, -0.1) is 0 Å². The lowest BCUT2D eigenvalue weighted by Gasteiger charge is -2.26. The molecule has 8 heteroatoms. The molecule has 0 aromatic heterocycles. The van der Waals surface area contributed by atoms with Gasteiger partial charge in [-0.05, 0) is 71.6 Å². The first-order valence-corrected chi connectivity index (χ1v) is 12.1. The molecule has 1 unspecified atom stereocenters. The van der Waals surface area contributed by atoms with Gasteiger partial charge in [0.1, 0.15) is 23.0 Å². The highest BCUT2D eigenvalue weighted by Crippen LogP contribution is 2.43. The van der Waals surface area contributed by atoms with Crippen LogP contribution >= 0.6 is 0 Å². The molecule has 1 N–H and O–H groups in total. The number of carbonyl (C=O) groups excluding carboxylic acids is 3. The maximum atomic E-state index is 13.4. The average molecular weight is 516 g/mol. The van der Waals surface area contributed by atoms with Crippen LogP contribution in [0.15, 0.2) is 72.3 Å². The van der Waals surface area contributed by atoms with Crippen LogP contribution < -0.4 is 19.1 Å². The van der Waals surface area contributed by atoms with Crippen LogP contribution in [0.2, 0.25) is 0 Å². The highest BCUT2D eigenvalue weighted by atomic mass is 16.5. The van der Waals surface area contributed by atoms with E-state index in [1.165, 1.54) is 18.9 Å². The summed E-state index contributed by atoms with van der Waals surface area (Å²) < 4.78 is 15.8. The summed E-state index contributed by atoms with van der Waals surface area (Å²) >= 11 is 0. The van der Waals surface area contributed by atoms with Crippen LogP contribution in [0.5, 0.6) is 17.2 Å². The Labute approximate surface area is 221 Å². The minimum absolute atomic E-state index is 0.0501. The molecule has 3 aromatic rings. The fourth-order valence-corrected chi connectivity index (χ4v) is 4.53. The molecule has 38 heavy (non-hydrogen) atoms. The van der Waals surface area contributed by atoms with E-state index in [0.717, 1.165) is 5.56 Å². The zero-order chi connectivity index (χ0) is 27.6. The number of carbonyl (C=O) groups is 3. The summed E-state index contributed by atoms with van der Waals surface area (Å²) in [6.07, 6.45) is 0. The summed E-state index contributed by atoms with van der Waals surface area (Å²) in [6, 6.07) is 17.4. The molecule has 196 valence electrons. The van der Waals surface area contributed by atoms with Gasteiger partial charge < -0.3 is 19.3 Å². The van der Waals surface area contributed by atoms with Crippen molar-refractivity contribution in [3.05, 3.63) is 89.0 Å². The van der Waals surface area contributed by atoms with Gasteiger partial charge in [-0.1, -0.05) is 26.0 Å². The predicted octanol–water partition coefficient (Wildman–Crippen LogP) is 5.38. The van der Waals surface area contributed by atoms with E-state index in [4.69, 9.17) is 14.2 Å². The van der Waals surface area contributed by atoms with Gasteiger partial charge in [-0.25, -0.2) is 0 Å². The maximum Gasteiger partial charge on any atom is 0.308 e. The van der Waals surface area contributed by atoms with E-state index in [0.29, 0.717) is 34.1 Å². The number of aliphatic hydroxyl groups excluding tert-OH is 1. The first kappa shape index (κ1) is 26.5. The zero-order valence-corrected chi connectivity index (χ0v) is 21.8. The van der Waals surface area contributed by atoms with Crippen molar-refractivity contribution in [1.82, 2.24) is 0 Å². The number of hydrogen-bond donors (Lipinski definition) is 1. The second kappa shape index (κ2) is 10.8. The third kappa shape index (κ3) is 4.98. The van der Waals surface area contributed by atoms with E-state index in [-0.39, 0.29) is 17.3 Å². The van der Waals surface area contributed by atoms with Crippen LogP contribution in [0.25, 0.3) is 5.76 Å². The van der Waals surface area contributed by atoms with Gasteiger partial charge in [-0.3, -0.25) is 19.3 Å². The lowest BCUT2D eigenvalue weighted by atomic mass is 9.93. The second-order valence-corrected chi connectivity index (χ2v) is 9.14. The highest BCUT2D eigenvalue weighted by Gasteiger charge is 2.47. The largest absolute Gasteiger partial charge is 0.507 e. The summed E-state index contributed by atoms with van der Waals surface area (Å²) in [5, 5.41) is 11.5. The van der Waals surface area contributed by atoms with Crippen molar-refractivity contribution >= 4 is 29.1 Å². The van der Waals surface area contributed by atoms with Crippen molar-refractivity contribution in [2.24, 2.45) is 0 Å². The molecule has 4 rings (SSSR count). The molecule has 0 saturated carbocycles. The van der Waals surface area contributed by atoms with E-state index in [9.17, 15) is 19.5 Å². The lowest BCUT2D eigenvalue weighted by molar-refractivity contribution is -0.132. The second-order valence-electron chi connectivity index (χ2n) is 9.14. The van der Waals surface area contributed by atoms with E-state index < -0.39 is 23.7 Å². The van der Waals surface area contributed by atoms with Crippen LogP contribution in [0.4, 0.5) is 5.69 Å². The Morgan fingerprint density at radius 3 is 2.08 bits per heavy atom. The van der Waals surface area contributed by atoms with Crippen LogP contribution in [0, 0.1) is 0 Å². The van der Waals surface area contributed by atoms with Gasteiger partial charge in [-0.2, -0.15) is 0 Å². The number of hydrogen-bond acceptors (Lipinski definition) is 7. The summed E-state index contributed by atoms with van der Waals surface area (Å²) in [7, 11) is 3.10. The molecule has 1 atom stereocenters. The Kier molecular flexibility index (Phi) is 7.52. The van der Waals surface area contributed by atoms with Crippen molar-refractivity contribution in [3.8, 4) is 17.2 Å². The van der Waals surface area contributed by atoms with Gasteiger partial charge >= 0.3 is 5.97 Å². The summed E-state index contributed by atoms with van der Waals surface area (Å²) in [6.45, 7) is 5.29. The van der Waals surface area contributed by atoms with Gasteiger partial charge in [0.25, 0.3) is 11.7 Å². The van der Waals surface area contributed by atoms with Crippen molar-refractivity contribution in [2.45, 2.75) is 32.7 Å². The number of ether oxygens (including phenoxy) is 3. The molecule has 0 aliphatic carbocycles. The summed E-state index contributed by atoms with van der Waals surface area (Å²) in [4.78, 5) is 39.5. The number of nitrogens with zero attached hydrogens (tertiary/aromatic N) is 1. The third-order valence-corrected chi connectivity index (χ3v) is 6.38. The Hall–Kier alpha value is -4.59. The summed E-state index contributed by atoms with van der Waals surface area (Å²) in [5.74, 6) is -0.693. The molecular formula is C30H29NO7.